The van der Waals surface area contributed by atoms with Crippen molar-refractivity contribution >= 4 is 34.9 Å². The fourth-order valence-corrected chi connectivity index (χ4v) is 6.11. The maximum Gasteiger partial charge on any atom is 0.238 e. The maximum atomic E-state index is 14.2. The molecule has 4 heterocycles. The molecular formula is C28H23N3O4. The molecule has 4 atom stereocenters. The van der Waals surface area contributed by atoms with Crippen LogP contribution in [0.4, 0.5) is 11.4 Å². The second-order valence-corrected chi connectivity index (χ2v) is 9.12. The average molecular weight is 466 g/mol. The van der Waals surface area contributed by atoms with E-state index < -0.39 is 23.4 Å². The molecule has 3 aliphatic rings. The minimum Gasteiger partial charge on any atom is -0.497 e. The number of rotatable bonds is 4. The van der Waals surface area contributed by atoms with Crippen LogP contribution in [0, 0.1) is 5.92 Å². The van der Waals surface area contributed by atoms with Crippen LogP contribution in [0.15, 0.2) is 72.9 Å². The number of para-hydroxylation sites is 1. The first kappa shape index (κ1) is 21.3. The predicted molar refractivity (Wildman–Crippen MR) is 132 cm³/mol. The van der Waals surface area contributed by atoms with E-state index in [2.05, 4.69) is 10.3 Å². The zero-order valence-corrected chi connectivity index (χ0v) is 19.3. The highest BCUT2D eigenvalue weighted by Gasteiger charge is 2.70. The smallest absolute Gasteiger partial charge is 0.238 e. The largest absolute Gasteiger partial charge is 0.497 e. The lowest BCUT2D eigenvalue weighted by Gasteiger charge is -2.37. The minimum atomic E-state index is -1.30. The number of amides is 1. The van der Waals surface area contributed by atoms with Crippen LogP contribution < -0.4 is 15.0 Å². The van der Waals surface area contributed by atoms with E-state index in [9.17, 15) is 14.4 Å². The van der Waals surface area contributed by atoms with Crippen molar-refractivity contribution in [2.45, 2.75) is 24.4 Å². The van der Waals surface area contributed by atoms with Gasteiger partial charge in [0.05, 0.1) is 25.1 Å². The van der Waals surface area contributed by atoms with E-state index in [1.165, 1.54) is 6.92 Å². The van der Waals surface area contributed by atoms with Gasteiger partial charge in [-0.3, -0.25) is 19.4 Å². The van der Waals surface area contributed by atoms with Crippen molar-refractivity contribution in [2.24, 2.45) is 5.92 Å². The normalized spacial score (nSPS) is 25.6. The van der Waals surface area contributed by atoms with Gasteiger partial charge in [-0.05, 0) is 48.9 Å². The van der Waals surface area contributed by atoms with E-state index in [-0.39, 0.29) is 23.2 Å². The summed E-state index contributed by atoms with van der Waals surface area (Å²) in [6, 6.07) is 16.7. The fraction of sp³-hybridized carbons (Fsp3) is 0.214. The maximum absolute atomic E-state index is 14.2. The van der Waals surface area contributed by atoms with E-state index in [0.717, 1.165) is 16.8 Å². The van der Waals surface area contributed by atoms with Crippen molar-refractivity contribution in [3.05, 3.63) is 89.8 Å². The molecule has 0 radical (unpaired) electrons. The van der Waals surface area contributed by atoms with Gasteiger partial charge in [-0.15, -0.1) is 0 Å². The van der Waals surface area contributed by atoms with Gasteiger partial charge in [0.2, 0.25) is 5.91 Å². The Bertz CT molecular complexity index is 1420. The number of benzene rings is 2. The molecule has 0 aliphatic carbocycles. The number of Topliss-reactive ketones (excluding diaryl/α,β-unsaturated/α-hetero) is 2. The number of hydrogen-bond donors (Lipinski definition) is 1. The summed E-state index contributed by atoms with van der Waals surface area (Å²) in [4.78, 5) is 47.7. The number of ketones is 2. The monoisotopic (exact) mass is 465 g/mol. The molecule has 6 rings (SSSR count). The van der Waals surface area contributed by atoms with Crippen molar-refractivity contribution in [1.29, 1.82) is 0 Å². The first-order valence-corrected chi connectivity index (χ1v) is 11.5. The van der Waals surface area contributed by atoms with Crippen molar-refractivity contribution < 1.29 is 19.1 Å². The average Bonchev–Trinajstić information content (AvgIpc) is 3.36. The highest BCUT2D eigenvalue weighted by molar-refractivity contribution is 6.16. The Kier molecular flexibility index (Phi) is 4.64. The van der Waals surface area contributed by atoms with Crippen LogP contribution in [0.3, 0.4) is 0 Å². The molecule has 174 valence electrons. The third-order valence-corrected chi connectivity index (χ3v) is 7.46. The second-order valence-electron chi connectivity index (χ2n) is 9.12. The van der Waals surface area contributed by atoms with Crippen molar-refractivity contribution in [1.82, 2.24) is 4.98 Å². The minimum absolute atomic E-state index is 0.185. The summed E-state index contributed by atoms with van der Waals surface area (Å²) < 4.78 is 5.39. The summed E-state index contributed by atoms with van der Waals surface area (Å²) in [6.07, 6.45) is 5.43. The number of methoxy groups -OCH3 is 1. The third-order valence-electron chi connectivity index (χ3n) is 7.46. The highest BCUT2D eigenvalue weighted by Crippen LogP contribution is 2.57. The topological polar surface area (TPSA) is 88.6 Å². The first-order valence-electron chi connectivity index (χ1n) is 11.5. The number of nitrogens with one attached hydrogen (secondary N) is 1. The number of ether oxygens (including phenoxy) is 1. The number of anilines is 2. The number of aromatic nitrogens is 1. The number of carbonyl (C=O) groups excluding carboxylic acids is 3. The molecule has 35 heavy (non-hydrogen) atoms. The van der Waals surface area contributed by atoms with Gasteiger partial charge in [0.1, 0.15) is 16.9 Å². The Morgan fingerprint density at radius 1 is 1.09 bits per heavy atom. The molecule has 3 aliphatic heterocycles. The van der Waals surface area contributed by atoms with Crippen LogP contribution in [0.1, 0.15) is 28.5 Å². The number of hydrogen-bond acceptors (Lipinski definition) is 6. The molecule has 0 unspecified atom stereocenters. The molecule has 1 N–H and O–H groups in total. The van der Waals surface area contributed by atoms with Crippen molar-refractivity contribution in [3.8, 4) is 5.75 Å². The van der Waals surface area contributed by atoms with Crippen LogP contribution in [-0.2, 0) is 15.0 Å². The van der Waals surface area contributed by atoms with Gasteiger partial charge < -0.3 is 15.0 Å². The van der Waals surface area contributed by atoms with Gasteiger partial charge in [-0.25, -0.2) is 0 Å². The van der Waals surface area contributed by atoms with Crippen molar-refractivity contribution in [2.75, 3.05) is 17.3 Å². The van der Waals surface area contributed by atoms with Gasteiger partial charge in [0, 0.05) is 23.1 Å². The Hall–Kier alpha value is -4.26. The summed E-state index contributed by atoms with van der Waals surface area (Å²) >= 11 is 0. The van der Waals surface area contributed by atoms with Crippen LogP contribution in [0.2, 0.25) is 0 Å². The van der Waals surface area contributed by atoms with E-state index in [1.54, 1.807) is 31.5 Å². The van der Waals surface area contributed by atoms with Crippen molar-refractivity contribution in [3.63, 3.8) is 0 Å². The molecule has 2 aromatic carbocycles. The molecule has 1 fully saturated rings. The van der Waals surface area contributed by atoms with Crippen LogP contribution in [0.5, 0.6) is 5.75 Å². The molecule has 1 spiro atoms. The third kappa shape index (κ3) is 2.78. The molecule has 1 aromatic heterocycles. The highest BCUT2D eigenvalue weighted by atomic mass is 16.5. The Morgan fingerprint density at radius 3 is 2.63 bits per heavy atom. The van der Waals surface area contributed by atoms with Gasteiger partial charge in [-0.1, -0.05) is 36.4 Å². The number of nitrogens with zero attached hydrogens (tertiary/aromatic N) is 2. The number of fused-ring (bicyclic) bond motifs is 6. The molecule has 0 bridgehead atoms. The van der Waals surface area contributed by atoms with E-state index in [0.29, 0.717) is 11.4 Å². The number of pyridine rings is 1. The lowest BCUT2D eigenvalue weighted by Crippen LogP contribution is -2.51. The SMILES string of the molecule is COc1ccc2c(c1)C=C[C@@H]1N2[C@H](C(C)=O)[C@H](C(=O)c2ccccn2)[C@]12C(=O)Nc1ccccc12. The molecule has 3 aromatic rings. The van der Waals surface area contributed by atoms with Gasteiger partial charge >= 0.3 is 0 Å². The Labute approximate surface area is 202 Å². The zero-order valence-electron chi connectivity index (χ0n) is 19.3. The summed E-state index contributed by atoms with van der Waals surface area (Å²) in [5.41, 5.74) is 1.97. The summed E-state index contributed by atoms with van der Waals surface area (Å²) in [6.45, 7) is 1.49. The molecule has 1 saturated heterocycles. The van der Waals surface area contributed by atoms with E-state index in [4.69, 9.17) is 4.74 Å². The standard InChI is InChI=1S/C28H23N3O4/c1-16(32)25-24(26(33)21-9-5-6-14-29-21)28(19-7-3-4-8-20(19)30-27(28)34)23-13-10-17-15-18(35-2)11-12-22(17)31(23)25/h3-15,23-25H,1-2H3,(H,30,34)/t23-,24+,25+,28+/m0/s1. The number of carbonyl (C=O) groups is 3. The van der Waals surface area contributed by atoms with Crippen LogP contribution in [0.25, 0.3) is 6.08 Å². The van der Waals surface area contributed by atoms with E-state index in [1.807, 2.05) is 59.5 Å². The lowest BCUT2D eigenvalue weighted by molar-refractivity contribution is -0.122. The van der Waals surface area contributed by atoms with Crippen LogP contribution in [-0.4, -0.2) is 41.7 Å². The summed E-state index contributed by atoms with van der Waals surface area (Å²) in [5, 5.41) is 3.00. The summed E-state index contributed by atoms with van der Waals surface area (Å²) in [7, 11) is 1.60. The molecule has 7 nitrogen and oxygen atoms in total. The van der Waals surface area contributed by atoms with Gasteiger partial charge in [0.25, 0.3) is 0 Å². The molecule has 7 heteroatoms. The molecule has 1 amide bonds. The molecule has 0 saturated carbocycles. The molecular weight excluding hydrogens is 442 g/mol. The Balaban J connectivity index is 1.65. The fourth-order valence-electron chi connectivity index (χ4n) is 6.11. The Morgan fingerprint density at radius 2 is 1.89 bits per heavy atom. The van der Waals surface area contributed by atoms with Crippen LogP contribution >= 0.6 is 0 Å². The van der Waals surface area contributed by atoms with Gasteiger partial charge in [-0.2, -0.15) is 0 Å². The van der Waals surface area contributed by atoms with Gasteiger partial charge in [0.15, 0.2) is 11.6 Å². The lowest BCUT2D eigenvalue weighted by atomic mass is 9.64. The second kappa shape index (κ2) is 7.63. The zero-order chi connectivity index (χ0) is 24.3. The van der Waals surface area contributed by atoms with E-state index >= 15 is 0 Å². The summed E-state index contributed by atoms with van der Waals surface area (Å²) in [5.74, 6) is -1.08. The quantitative estimate of drug-likeness (QED) is 0.592. The first-order chi connectivity index (χ1) is 17.0. The predicted octanol–water partition coefficient (Wildman–Crippen LogP) is 3.65.